The molecule has 0 aromatic heterocycles. The standard InChI is InChI=1S/C15H29NO3.Na/c1-3-4-5-6-7-8-9-10-11-12-14(17)19-15(18)13-16-2;/h16H,3-13H2,1-2H3;/q;+1. The molecule has 0 unspecified atom stereocenters. The second-order valence-electron chi connectivity index (χ2n) is 4.95. The summed E-state index contributed by atoms with van der Waals surface area (Å²) in [7, 11) is 1.65. The minimum Gasteiger partial charge on any atom is -0.392 e. The zero-order valence-corrected chi connectivity index (χ0v) is 15.5. The molecule has 0 aliphatic carbocycles. The Kier molecular flexibility index (Phi) is 19.2. The molecule has 0 amide bonds. The van der Waals surface area contributed by atoms with Gasteiger partial charge >= 0.3 is 41.5 Å². The van der Waals surface area contributed by atoms with Gasteiger partial charge in [-0.2, -0.15) is 0 Å². The summed E-state index contributed by atoms with van der Waals surface area (Å²) in [5.74, 6) is -0.897. The fraction of sp³-hybridized carbons (Fsp3) is 0.867. The van der Waals surface area contributed by atoms with Gasteiger partial charge in [-0.3, -0.25) is 9.59 Å². The monoisotopic (exact) mass is 294 g/mol. The number of carbonyl (C=O) groups excluding carboxylic acids is 2. The van der Waals surface area contributed by atoms with Crippen molar-refractivity contribution in [1.29, 1.82) is 0 Å². The molecule has 0 aromatic carbocycles. The van der Waals surface area contributed by atoms with Crippen LogP contribution in [0.2, 0.25) is 0 Å². The van der Waals surface area contributed by atoms with Crippen molar-refractivity contribution >= 4 is 11.9 Å². The van der Waals surface area contributed by atoms with Gasteiger partial charge in [0.15, 0.2) is 0 Å². The van der Waals surface area contributed by atoms with Gasteiger partial charge in [0, 0.05) is 6.42 Å². The molecule has 0 aromatic rings. The van der Waals surface area contributed by atoms with Crippen molar-refractivity contribution in [2.75, 3.05) is 13.6 Å². The number of likely N-dealkylation sites (N-methyl/N-ethyl adjacent to an activating group) is 1. The van der Waals surface area contributed by atoms with Gasteiger partial charge in [0.1, 0.15) is 0 Å². The third-order valence-electron chi connectivity index (χ3n) is 3.03. The second kappa shape index (κ2) is 17.2. The van der Waals surface area contributed by atoms with E-state index < -0.39 is 11.9 Å². The number of nitrogens with one attached hydrogen (secondary N) is 1. The first kappa shape index (κ1) is 22.4. The van der Waals surface area contributed by atoms with Crippen LogP contribution in [0.15, 0.2) is 0 Å². The van der Waals surface area contributed by atoms with Gasteiger partial charge in [-0.05, 0) is 13.5 Å². The Morgan fingerprint density at radius 1 is 0.850 bits per heavy atom. The molecule has 0 rings (SSSR count). The molecule has 112 valence electrons. The van der Waals surface area contributed by atoms with E-state index in [4.69, 9.17) is 0 Å². The minimum atomic E-state index is -0.497. The van der Waals surface area contributed by atoms with Gasteiger partial charge < -0.3 is 10.1 Å². The largest absolute Gasteiger partial charge is 1.00 e. The molecule has 0 radical (unpaired) electrons. The van der Waals surface area contributed by atoms with Gasteiger partial charge in [-0.15, -0.1) is 0 Å². The molecule has 0 aliphatic heterocycles. The minimum absolute atomic E-state index is 0. The van der Waals surface area contributed by atoms with Gasteiger partial charge in [-0.1, -0.05) is 58.3 Å². The average molecular weight is 294 g/mol. The fourth-order valence-electron chi connectivity index (χ4n) is 1.94. The van der Waals surface area contributed by atoms with Crippen molar-refractivity contribution in [3.63, 3.8) is 0 Å². The predicted octanol–water partition coefficient (Wildman–Crippen LogP) is 0.201. The van der Waals surface area contributed by atoms with Crippen LogP contribution in [0.25, 0.3) is 0 Å². The number of unbranched alkanes of at least 4 members (excludes halogenated alkanes) is 8. The van der Waals surface area contributed by atoms with Gasteiger partial charge in [0.05, 0.1) is 6.54 Å². The Morgan fingerprint density at radius 3 is 1.85 bits per heavy atom. The smallest absolute Gasteiger partial charge is 0.392 e. The zero-order valence-electron chi connectivity index (χ0n) is 13.5. The van der Waals surface area contributed by atoms with Crippen LogP contribution in [0, 0.1) is 0 Å². The average Bonchev–Trinajstić information content (AvgIpc) is 2.37. The van der Waals surface area contributed by atoms with Crippen LogP contribution in [0.5, 0.6) is 0 Å². The molecule has 0 fully saturated rings. The van der Waals surface area contributed by atoms with Crippen LogP contribution in [0.3, 0.4) is 0 Å². The van der Waals surface area contributed by atoms with Crippen LogP contribution in [-0.2, 0) is 14.3 Å². The van der Waals surface area contributed by atoms with E-state index in [2.05, 4.69) is 17.0 Å². The van der Waals surface area contributed by atoms with Crippen molar-refractivity contribution in [3.05, 3.63) is 0 Å². The molecule has 0 aliphatic rings. The number of rotatable bonds is 12. The third kappa shape index (κ3) is 16.2. The van der Waals surface area contributed by atoms with E-state index in [0.29, 0.717) is 6.42 Å². The molecule has 0 bridgehead atoms. The summed E-state index contributed by atoms with van der Waals surface area (Å²) in [6, 6.07) is 0. The molecule has 0 saturated heterocycles. The Balaban J connectivity index is 0. The number of hydrogen-bond donors (Lipinski definition) is 1. The molecular weight excluding hydrogens is 265 g/mol. The SMILES string of the molecule is CCCCCCCCCCCC(=O)OC(=O)CNC.[Na+]. The topological polar surface area (TPSA) is 55.4 Å². The molecule has 20 heavy (non-hydrogen) atoms. The van der Waals surface area contributed by atoms with Crippen LogP contribution in [0.1, 0.15) is 71.1 Å². The molecule has 4 nitrogen and oxygen atoms in total. The summed E-state index contributed by atoms with van der Waals surface area (Å²) in [4.78, 5) is 22.3. The summed E-state index contributed by atoms with van der Waals surface area (Å²) in [5, 5.41) is 2.65. The van der Waals surface area contributed by atoms with Crippen LogP contribution >= 0.6 is 0 Å². The van der Waals surface area contributed by atoms with Gasteiger partial charge in [0.25, 0.3) is 0 Å². The van der Waals surface area contributed by atoms with E-state index in [9.17, 15) is 9.59 Å². The number of hydrogen-bond acceptors (Lipinski definition) is 4. The Morgan fingerprint density at radius 2 is 1.35 bits per heavy atom. The predicted molar refractivity (Wildman–Crippen MR) is 76.9 cm³/mol. The van der Waals surface area contributed by atoms with E-state index in [-0.39, 0.29) is 36.1 Å². The van der Waals surface area contributed by atoms with Crippen molar-refractivity contribution in [2.45, 2.75) is 71.1 Å². The summed E-state index contributed by atoms with van der Waals surface area (Å²) in [5.41, 5.74) is 0. The normalized spacial score (nSPS) is 9.90. The summed E-state index contributed by atoms with van der Waals surface area (Å²) < 4.78 is 4.62. The number of esters is 2. The quantitative estimate of drug-likeness (QED) is 0.242. The van der Waals surface area contributed by atoms with Crippen molar-refractivity contribution in [3.8, 4) is 0 Å². The molecular formula is C15H29NNaO3+. The summed E-state index contributed by atoms with van der Waals surface area (Å²) >= 11 is 0. The second-order valence-corrected chi connectivity index (χ2v) is 4.95. The van der Waals surface area contributed by atoms with E-state index >= 15 is 0 Å². The van der Waals surface area contributed by atoms with Crippen LogP contribution < -0.4 is 34.9 Å². The van der Waals surface area contributed by atoms with Gasteiger partial charge in [0.2, 0.25) is 0 Å². The first-order valence-corrected chi connectivity index (χ1v) is 7.58. The first-order chi connectivity index (χ1) is 9.20. The summed E-state index contributed by atoms with van der Waals surface area (Å²) in [6.07, 6.45) is 11.2. The Hall–Kier alpha value is 0.1000. The maximum atomic E-state index is 11.3. The summed E-state index contributed by atoms with van der Waals surface area (Å²) in [6.45, 7) is 2.31. The zero-order chi connectivity index (χ0) is 14.3. The van der Waals surface area contributed by atoms with E-state index in [1.807, 2.05) is 0 Å². The molecule has 5 heteroatoms. The third-order valence-corrected chi connectivity index (χ3v) is 3.03. The number of carbonyl (C=O) groups is 2. The maximum Gasteiger partial charge on any atom is 1.00 e. The van der Waals surface area contributed by atoms with E-state index in [1.54, 1.807) is 7.05 Å². The van der Waals surface area contributed by atoms with Crippen LogP contribution in [0.4, 0.5) is 0 Å². The Bertz CT molecular complexity index is 247. The fourth-order valence-corrected chi connectivity index (χ4v) is 1.94. The van der Waals surface area contributed by atoms with Gasteiger partial charge in [-0.25, -0.2) is 0 Å². The van der Waals surface area contributed by atoms with Crippen molar-refractivity contribution in [1.82, 2.24) is 5.32 Å². The molecule has 0 saturated carbocycles. The maximum absolute atomic E-state index is 11.3. The van der Waals surface area contributed by atoms with Crippen molar-refractivity contribution < 1.29 is 43.9 Å². The molecule has 0 atom stereocenters. The van der Waals surface area contributed by atoms with E-state index in [1.165, 1.54) is 44.9 Å². The number of ether oxygens (including phenoxy) is 1. The van der Waals surface area contributed by atoms with Crippen LogP contribution in [-0.4, -0.2) is 25.5 Å². The first-order valence-electron chi connectivity index (χ1n) is 7.58. The van der Waals surface area contributed by atoms with Crippen molar-refractivity contribution in [2.24, 2.45) is 0 Å². The molecule has 0 spiro atoms. The molecule has 1 N–H and O–H groups in total. The Labute approximate surface area is 145 Å². The van der Waals surface area contributed by atoms with E-state index in [0.717, 1.165) is 12.8 Å². The molecule has 0 heterocycles.